The Hall–Kier alpha value is -0.990. The predicted molar refractivity (Wildman–Crippen MR) is 67.5 cm³/mol. The fraction of sp³-hybridized carbons (Fsp3) is 0.250. The third kappa shape index (κ3) is 2.08. The number of rotatable bonds is 3. The Bertz CT molecular complexity index is 474. The van der Waals surface area contributed by atoms with E-state index in [-0.39, 0.29) is 0 Å². The van der Waals surface area contributed by atoms with Crippen molar-refractivity contribution in [3.63, 3.8) is 0 Å². The van der Waals surface area contributed by atoms with Crippen LogP contribution >= 0.6 is 23.2 Å². The van der Waals surface area contributed by atoms with Crippen LogP contribution in [0.4, 0.5) is 0 Å². The van der Waals surface area contributed by atoms with Gasteiger partial charge >= 0.3 is 0 Å². The molecule has 0 fully saturated rings. The van der Waals surface area contributed by atoms with Crippen molar-refractivity contribution in [1.29, 1.82) is 0 Å². The van der Waals surface area contributed by atoms with Gasteiger partial charge in [0, 0.05) is 16.3 Å². The number of benzene rings is 1. The molecule has 1 aromatic heterocycles. The topological polar surface area (TPSA) is 17.8 Å². The van der Waals surface area contributed by atoms with E-state index in [2.05, 4.69) is 12.0 Å². The maximum absolute atomic E-state index is 5.86. The van der Waals surface area contributed by atoms with Crippen molar-refractivity contribution in [2.24, 2.45) is 0 Å². The van der Waals surface area contributed by atoms with E-state index in [9.17, 15) is 0 Å². The lowest BCUT2D eigenvalue weighted by Gasteiger charge is -2.06. The molecule has 1 heterocycles. The zero-order chi connectivity index (χ0) is 11.5. The molecule has 2 aromatic rings. The zero-order valence-corrected chi connectivity index (χ0v) is 10.5. The molecule has 0 amide bonds. The Balaban J connectivity index is 2.47. The largest absolute Gasteiger partial charge is 0.238 e. The van der Waals surface area contributed by atoms with Crippen molar-refractivity contribution in [2.75, 3.05) is 0 Å². The van der Waals surface area contributed by atoms with Crippen LogP contribution in [0.5, 0.6) is 0 Å². The Morgan fingerprint density at radius 2 is 1.94 bits per heavy atom. The Kier molecular flexibility index (Phi) is 3.52. The summed E-state index contributed by atoms with van der Waals surface area (Å²) in [4.78, 5) is 0. The van der Waals surface area contributed by atoms with Gasteiger partial charge in [-0.25, -0.2) is 4.68 Å². The summed E-state index contributed by atoms with van der Waals surface area (Å²) in [6.45, 7) is 2.10. The van der Waals surface area contributed by atoms with E-state index in [4.69, 9.17) is 23.2 Å². The van der Waals surface area contributed by atoms with Crippen LogP contribution in [-0.2, 0) is 12.3 Å². The van der Waals surface area contributed by atoms with Crippen LogP contribution in [0.15, 0.2) is 30.5 Å². The average molecular weight is 255 g/mol. The number of hydrogen-bond acceptors (Lipinski definition) is 1. The van der Waals surface area contributed by atoms with Crippen LogP contribution in [0.25, 0.3) is 5.69 Å². The van der Waals surface area contributed by atoms with Crippen molar-refractivity contribution in [2.45, 2.75) is 19.2 Å². The Labute approximate surface area is 105 Å². The third-order valence-electron chi connectivity index (χ3n) is 2.51. The molecule has 4 heteroatoms. The first-order valence-electron chi connectivity index (χ1n) is 5.14. The fourth-order valence-corrected chi connectivity index (χ4v) is 2.05. The molecule has 0 radical (unpaired) electrons. The second-order valence-electron chi connectivity index (χ2n) is 3.49. The van der Waals surface area contributed by atoms with Gasteiger partial charge in [0.25, 0.3) is 0 Å². The molecule has 2 nitrogen and oxygen atoms in total. The van der Waals surface area contributed by atoms with Gasteiger partial charge in [0.1, 0.15) is 0 Å². The van der Waals surface area contributed by atoms with Gasteiger partial charge in [-0.05, 0) is 30.7 Å². The maximum atomic E-state index is 5.86. The molecule has 0 N–H and O–H groups in total. The highest BCUT2D eigenvalue weighted by Gasteiger charge is 2.09. The van der Waals surface area contributed by atoms with Crippen LogP contribution in [0.3, 0.4) is 0 Å². The molecule has 16 heavy (non-hydrogen) atoms. The van der Waals surface area contributed by atoms with E-state index < -0.39 is 0 Å². The van der Waals surface area contributed by atoms with E-state index in [1.54, 1.807) is 0 Å². The standard InChI is InChI=1S/C12H12Cl2N2/c1-2-12-9(7-13)8-15-16(12)11-5-3-10(14)4-6-11/h3-6,8H,2,7H2,1H3. The molecule has 0 saturated carbocycles. The summed E-state index contributed by atoms with van der Waals surface area (Å²) in [6.07, 6.45) is 2.73. The van der Waals surface area contributed by atoms with E-state index in [0.29, 0.717) is 5.88 Å². The Morgan fingerprint density at radius 1 is 1.25 bits per heavy atom. The van der Waals surface area contributed by atoms with Gasteiger partial charge in [-0.1, -0.05) is 18.5 Å². The number of aromatic nitrogens is 2. The lowest BCUT2D eigenvalue weighted by Crippen LogP contribution is -2.02. The second kappa shape index (κ2) is 4.89. The smallest absolute Gasteiger partial charge is 0.0649 e. The van der Waals surface area contributed by atoms with Crippen LogP contribution in [0.1, 0.15) is 18.2 Å². The van der Waals surface area contributed by atoms with Gasteiger partial charge in [0.05, 0.1) is 17.8 Å². The Morgan fingerprint density at radius 3 is 2.50 bits per heavy atom. The summed E-state index contributed by atoms with van der Waals surface area (Å²) >= 11 is 11.7. The zero-order valence-electron chi connectivity index (χ0n) is 8.95. The summed E-state index contributed by atoms with van der Waals surface area (Å²) in [7, 11) is 0. The van der Waals surface area contributed by atoms with E-state index in [1.165, 1.54) is 0 Å². The molecule has 84 valence electrons. The van der Waals surface area contributed by atoms with Crippen LogP contribution in [-0.4, -0.2) is 9.78 Å². The molecular weight excluding hydrogens is 243 g/mol. The molecule has 0 atom stereocenters. The second-order valence-corrected chi connectivity index (χ2v) is 4.20. The van der Waals surface area contributed by atoms with Gasteiger partial charge in [-0.3, -0.25) is 0 Å². The highest BCUT2D eigenvalue weighted by atomic mass is 35.5. The molecule has 1 aromatic carbocycles. The SMILES string of the molecule is CCc1c(CCl)cnn1-c1ccc(Cl)cc1. The van der Waals surface area contributed by atoms with Crippen LogP contribution in [0, 0.1) is 0 Å². The molecule has 2 rings (SSSR count). The minimum absolute atomic E-state index is 0.497. The van der Waals surface area contributed by atoms with E-state index >= 15 is 0 Å². The number of nitrogens with zero attached hydrogens (tertiary/aromatic N) is 2. The first kappa shape index (κ1) is 11.5. The first-order valence-corrected chi connectivity index (χ1v) is 6.05. The van der Waals surface area contributed by atoms with E-state index in [1.807, 2.05) is 35.1 Å². The lowest BCUT2D eigenvalue weighted by atomic mass is 10.2. The molecule has 0 aliphatic heterocycles. The van der Waals surface area contributed by atoms with Crippen LogP contribution < -0.4 is 0 Å². The predicted octanol–water partition coefficient (Wildman–Crippen LogP) is 3.83. The van der Waals surface area contributed by atoms with Gasteiger partial charge < -0.3 is 0 Å². The highest BCUT2D eigenvalue weighted by Crippen LogP contribution is 2.18. The fourth-order valence-electron chi connectivity index (χ4n) is 1.70. The lowest BCUT2D eigenvalue weighted by molar-refractivity contribution is 0.811. The number of alkyl halides is 1. The molecule has 0 aliphatic rings. The van der Waals surface area contributed by atoms with Gasteiger partial charge in [0.15, 0.2) is 0 Å². The van der Waals surface area contributed by atoms with Gasteiger partial charge in [0.2, 0.25) is 0 Å². The minimum Gasteiger partial charge on any atom is -0.238 e. The molecule has 0 aliphatic carbocycles. The minimum atomic E-state index is 0.497. The molecule has 0 saturated heterocycles. The molecule has 0 unspecified atom stereocenters. The van der Waals surface area contributed by atoms with Crippen LogP contribution in [0.2, 0.25) is 5.02 Å². The summed E-state index contributed by atoms with van der Waals surface area (Å²) in [5.41, 5.74) is 3.24. The van der Waals surface area contributed by atoms with Crippen molar-refractivity contribution in [3.8, 4) is 5.69 Å². The monoisotopic (exact) mass is 254 g/mol. The highest BCUT2D eigenvalue weighted by molar-refractivity contribution is 6.30. The molecule has 0 spiro atoms. The first-order chi connectivity index (χ1) is 7.76. The summed E-state index contributed by atoms with van der Waals surface area (Å²) in [5.74, 6) is 0.497. The van der Waals surface area contributed by atoms with Crippen molar-refractivity contribution < 1.29 is 0 Å². The van der Waals surface area contributed by atoms with E-state index in [0.717, 1.165) is 28.4 Å². The van der Waals surface area contributed by atoms with Crippen molar-refractivity contribution in [1.82, 2.24) is 9.78 Å². The van der Waals surface area contributed by atoms with Crippen molar-refractivity contribution >= 4 is 23.2 Å². The normalized spacial score (nSPS) is 10.7. The van der Waals surface area contributed by atoms with Gasteiger partial charge in [-0.15, -0.1) is 11.6 Å². The summed E-state index contributed by atoms with van der Waals surface area (Å²) < 4.78 is 1.91. The number of halogens is 2. The molecular formula is C12H12Cl2N2. The quantitative estimate of drug-likeness (QED) is 0.762. The summed E-state index contributed by atoms with van der Waals surface area (Å²) in [5, 5.41) is 5.08. The van der Waals surface area contributed by atoms with Gasteiger partial charge in [-0.2, -0.15) is 5.10 Å². The molecule has 0 bridgehead atoms. The number of hydrogen-bond donors (Lipinski definition) is 0. The maximum Gasteiger partial charge on any atom is 0.0649 e. The average Bonchev–Trinajstić information content (AvgIpc) is 2.72. The van der Waals surface area contributed by atoms with Crippen molar-refractivity contribution in [3.05, 3.63) is 46.7 Å². The summed E-state index contributed by atoms with van der Waals surface area (Å²) in [6, 6.07) is 7.62. The third-order valence-corrected chi connectivity index (χ3v) is 3.05.